The molecule has 1 unspecified atom stereocenters. The van der Waals surface area contributed by atoms with Gasteiger partial charge in [0, 0.05) is 18.3 Å². The topological polar surface area (TPSA) is 120 Å². The van der Waals surface area contributed by atoms with Gasteiger partial charge in [-0.25, -0.2) is 4.68 Å². The van der Waals surface area contributed by atoms with Gasteiger partial charge in [0.25, 0.3) is 11.5 Å². The molecule has 0 aliphatic heterocycles. The van der Waals surface area contributed by atoms with Crippen molar-refractivity contribution >= 4 is 11.7 Å². The Morgan fingerprint density at radius 3 is 2.50 bits per heavy atom. The minimum Gasteiger partial charge on any atom is -0.497 e. The minimum atomic E-state index is -0.939. The van der Waals surface area contributed by atoms with Gasteiger partial charge in [-0.2, -0.15) is 10.2 Å². The summed E-state index contributed by atoms with van der Waals surface area (Å²) in [6, 6.07) is 9.21. The first kappa shape index (κ1) is 25.4. The number of nitrogens with one attached hydrogen (secondary N) is 1. The smallest absolute Gasteiger partial charge is 0.271 e. The van der Waals surface area contributed by atoms with E-state index in [0.29, 0.717) is 29.7 Å². The van der Waals surface area contributed by atoms with Gasteiger partial charge >= 0.3 is 0 Å². The molecule has 2 aromatic heterocycles. The zero-order valence-corrected chi connectivity index (χ0v) is 20.9. The third-order valence-electron chi connectivity index (χ3n) is 6.17. The standard InChI is InChI=1S/C26H33N5O5/c1-26(2,34)17-30-13-12-23(29-30)28-25(33)22(14-18-6-4-5-7-18)31-24(32)15-21(16-27-31)36-20-10-8-19(35-3)9-11-20/h8-13,15-16,18,22,34H,4-7,14,17H2,1-3H3,(H,28,29,33). The van der Waals surface area contributed by atoms with E-state index in [1.807, 2.05) is 0 Å². The van der Waals surface area contributed by atoms with Crippen LogP contribution in [0.4, 0.5) is 5.82 Å². The molecule has 2 heterocycles. The van der Waals surface area contributed by atoms with Gasteiger partial charge in [0.15, 0.2) is 11.6 Å². The summed E-state index contributed by atoms with van der Waals surface area (Å²) < 4.78 is 13.7. The highest BCUT2D eigenvalue weighted by Gasteiger charge is 2.29. The van der Waals surface area contributed by atoms with Crippen molar-refractivity contribution in [3.63, 3.8) is 0 Å². The predicted octanol–water partition coefficient (Wildman–Crippen LogP) is 3.77. The van der Waals surface area contributed by atoms with Crippen LogP contribution in [0.3, 0.4) is 0 Å². The van der Waals surface area contributed by atoms with Gasteiger partial charge in [0.1, 0.15) is 17.5 Å². The highest BCUT2D eigenvalue weighted by molar-refractivity contribution is 5.92. The molecule has 192 valence electrons. The van der Waals surface area contributed by atoms with Gasteiger partial charge in [-0.15, -0.1) is 0 Å². The van der Waals surface area contributed by atoms with Crippen LogP contribution in [0.1, 0.15) is 52.0 Å². The van der Waals surface area contributed by atoms with Crippen molar-refractivity contribution in [1.82, 2.24) is 19.6 Å². The Morgan fingerprint density at radius 1 is 1.17 bits per heavy atom. The van der Waals surface area contributed by atoms with Gasteiger partial charge in [-0.3, -0.25) is 14.3 Å². The number of rotatable bonds is 10. The predicted molar refractivity (Wildman–Crippen MR) is 134 cm³/mol. The zero-order chi connectivity index (χ0) is 25.7. The maximum Gasteiger partial charge on any atom is 0.271 e. The Labute approximate surface area is 209 Å². The largest absolute Gasteiger partial charge is 0.497 e. The van der Waals surface area contributed by atoms with E-state index in [1.165, 1.54) is 16.9 Å². The van der Waals surface area contributed by atoms with Crippen molar-refractivity contribution in [2.24, 2.45) is 5.92 Å². The van der Waals surface area contributed by atoms with E-state index in [0.717, 1.165) is 25.7 Å². The summed E-state index contributed by atoms with van der Waals surface area (Å²) in [6.07, 6.45) is 7.94. The fourth-order valence-corrected chi connectivity index (χ4v) is 4.47. The summed E-state index contributed by atoms with van der Waals surface area (Å²) in [6.45, 7) is 3.65. The first-order chi connectivity index (χ1) is 17.2. The van der Waals surface area contributed by atoms with Crippen molar-refractivity contribution in [2.45, 2.75) is 64.1 Å². The zero-order valence-electron chi connectivity index (χ0n) is 20.9. The van der Waals surface area contributed by atoms with Crippen LogP contribution < -0.4 is 20.3 Å². The van der Waals surface area contributed by atoms with E-state index in [1.54, 1.807) is 62.2 Å². The van der Waals surface area contributed by atoms with Crippen LogP contribution in [0.25, 0.3) is 0 Å². The number of nitrogens with zero attached hydrogens (tertiary/aromatic N) is 4. The minimum absolute atomic E-state index is 0.283. The Bertz CT molecular complexity index is 1220. The lowest BCUT2D eigenvalue weighted by Crippen LogP contribution is -2.36. The highest BCUT2D eigenvalue weighted by Crippen LogP contribution is 2.32. The van der Waals surface area contributed by atoms with Crippen LogP contribution >= 0.6 is 0 Å². The molecule has 3 aromatic rings. The summed E-state index contributed by atoms with van der Waals surface area (Å²) >= 11 is 0. The van der Waals surface area contributed by atoms with E-state index in [9.17, 15) is 14.7 Å². The van der Waals surface area contributed by atoms with Gasteiger partial charge in [-0.1, -0.05) is 25.7 Å². The van der Waals surface area contributed by atoms with Crippen molar-refractivity contribution in [3.8, 4) is 17.2 Å². The second-order valence-corrected chi connectivity index (χ2v) is 9.85. The molecule has 1 aromatic carbocycles. The number of anilines is 1. The Kier molecular flexibility index (Phi) is 7.73. The Morgan fingerprint density at radius 2 is 1.86 bits per heavy atom. The van der Waals surface area contributed by atoms with Crippen molar-refractivity contribution < 1.29 is 19.4 Å². The fraction of sp³-hybridized carbons (Fsp3) is 0.462. The number of aromatic nitrogens is 4. The maximum absolute atomic E-state index is 13.3. The number of amides is 1. The van der Waals surface area contributed by atoms with Gasteiger partial charge in [0.2, 0.25) is 0 Å². The first-order valence-electron chi connectivity index (χ1n) is 12.2. The van der Waals surface area contributed by atoms with E-state index in [-0.39, 0.29) is 18.2 Å². The summed E-state index contributed by atoms with van der Waals surface area (Å²) in [5, 5.41) is 21.5. The maximum atomic E-state index is 13.3. The van der Waals surface area contributed by atoms with E-state index >= 15 is 0 Å². The van der Waals surface area contributed by atoms with Crippen molar-refractivity contribution in [3.05, 3.63) is 59.1 Å². The molecule has 4 rings (SSSR count). The molecule has 10 heteroatoms. The second-order valence-electron chi connectivity index (χ2n) is 9.85. The lowest BCUT2D eigenvalue weighted by atomic mass is 9.98. The molecule has 1 saturated carbocycles. The highest BCUT2D eigenvalue weighted by atomic mass is 16.5. The van der Waals surface area contributed by atoms with Gasteiger partial charge < -0.3 is 19.9 Å². The molecule has 0 saturated heterocycles. The molecule has 0 radical (unpaired) electrons. The molecule has 0 spiro atoms. The number of ether oxygens (including phenoxy) is 2. The number of carbonyl (C=O) groups excluding carboxylic acids is 1. The van der Waals surface area contributed by atoms with Crippen LogP contribution in [0.2, 0.25) is 0 Å². The molecular weight excluding hydrogens is 462 g/mol. The molecule has 1 atom stereocenters. The normalized spacial score (nSPS) is 15.0. The fourth-order valence-electron chi connectivity index (χ4n) is 4.47. The van der Waals surface area contributed by atoms with Crippen molar-refractivity contribution in [1.29, 1.82) is 0 Å². The molecule has 1 aliphatic carbocycles. The van der Waals surface area contributed by atoms with Crippen LogP contribution in [-0.2, 0) is 11.3 Å². The molecule has 2 N–H and O–H groups in total. The summed E-state index contributed by atoms with van der Waals surface area (Å²) in [5.74, 6) is 1.87. The lowest BCUT2D eigenvalue weighted by molar-refractivity contribution is -0.120. The first-order valence-corrected chi connectivity index (χ1v) is 12.2. The summed E-state index contributed by atoms with van der Waals surface area (Å²) in [4.78, 5) is 26.4. The average molecular weight is 496 g/mol. The quantitative estimate of drug-likeness (QED) is 0.439. The second kappa shape index (κ2) is 10.9. The van der Waals surface area contributed by atoms with Crippen LogP contribution in [0.15, 0.2) is 53.6 Å². The monoisotopic (exact) mass is 495 g/mol. The average Bonchev–Trinajstić information content (AvgIpc) is 3.49. The number of aliphatic hydroxyl groups is 1. The molecular formula is C26H33N5O5. The molecule has 1 amide bonds. The summed E-state index contributed by atoms with van der Waals surface area (Å²) in [7, 11) is 1.58. The third kappa shape index (κ3) is 6.72. The number of carbonyl (C=O) groups is 1. The number of hydrogen-bond donors (Lipinski definition) is 2. The Balaban J connectivity index is 1.52. The van der Waals surface area contributed by atoms with Crippen LogP contribution in [0.5, 0.6) is 17.2 Å². The molecule has 10 nitrogen and oxygen atoms in total. The van der Waals surface area contributed by atoms with E-state index in [2.05, 4.69) is 15.5 Å². The number of methoxy groups -OCH3 is 1. The van der Waals surface area contributed by atoms with Crippen molar-refractivity contribution in [2.75, 3.05) is 12.4 Å². The van der Waals surface area contributed by atoms with E-state index in [4.69, 9.17) is 9.47 Å². The lowest BCUT2D eigenvalue weighted by Gasteiger charge is -2.21. The Hall–Kier alpha value is -3.66. The van der Waals surface area contributed by atoms with Crippen LogP contribution in [-0.4, -0.2) is 43.3 Å². The van der Waals surface area contributed by atoms with Gasteiger partial charge in [-0.05, 0) is 50.5 Å². The SMILES string of the molecule is COc1ccc(Oc2cnn(C(CC3CCCC3)C(=O)Nc3ccn(CC(C)(C)O)n3)c(=O)c2)cc1. The third-order valence-corrected chi connectivity index (χ3v) is 6.17. The molecule has 36 heavy (non-hydrogen) atoms. The molecule has 1 fully saturated rings. The summed E-state index contributed by atoms with van der Waals surface area (Å²) in [5.41, 5.74) is -1.36. The molecule has 0 bridgehead atoms. The molecule has 1 aliphatic rings. The number of benzene rings is 1. The van der Waals surface area contributed by atoms with E-state index < -0.39 is 17.2 Å². The number of hydrogen-bond acceptors (Lipinski definition) is 7. The van der Waals surface area contributed by atoms with Gasteiger partial charge in [0.05, 0.1) is 25.5 Å². The van der Waals surface area contributed by atoms with Crippen LogP contribution in [0, 0.1) is 5.92 Å².